The van der Waals surface area contributed by atoms with Crippen LogP contribution < -0.4 is 5.32 Å². The van der Waals surface area contributed by atoms with Gasteiger partial charge in [-0.1, -0.05) is 11.6 Å². The molecule has 2 aromatic heterocycles. The van der Waals surface area contributed by atoms with Gasteiger partial charge >= 0.3 is 5.69 Å². The molecular formula is C16H15ClN6O3S. The SMILES string of the molecule is Cn1ccnc1Sc1ccc(Cl)cc1NC(=O)CCn1cc([N+](=O)[O-])cn1. The van der Waals surface area contributed by atoms with Crippen molar-refractivity contribution in [2.24, 2.45) is 7.05 Å². The van der Waals surface area contributed by atoms with Gasteiger partial charge in [0.25, 0.3) is 0 Å². The minimum Gasteiger partial charge on any atom is -0.329 e. The summed E-state index contributed by atoms with van der Waals surface area (Å²) in [7, 11) is 1.88. The van der Waals surface area contributed by atoms with Gasteiger partial charge in [-0.25, -0.2) is 4.98 Å². The van der Waals surface area contributed by atoms with Crippen LogP contribution in [0.2, 0.25) is 5.02 Å². The maximum Gasteiger partial charge on any atom is 0.306 e. The van der Waals surface area contributed by atoms with Crippen LogP contribution >= 0.6 is 23.4 Å². The summed E-state index contributed by atoms with van der Waals surface area (Å²) >= 11 is 7.46. The number of carbonyl (C=O) groups is 1. The molecule has 1 amide bonds. The number of aromatic nitrogens is 4. The summed E-state index contributed by atoms with van der Waals surface area (Å²) in [5, 5.41) is 18.6. The van der Waals surface area contributed by atoms with E-state index >= 15 is 0 Å². The number of anilines is 1. The number of nitrogens with zero attached hydrogens (tertiary/aromatic N) is 5. The van der Waals surface area contributed by atoms with E-state index in [2.05, 4.69) is 15.4 Å². The fraction of sp³-hybridized carbons (Fsp3) is 0.188. The molecule has 0 aliphatic rings. The van der Waals surface area contributed by atoms with Crippen LogP contribution in [0.25, 0.3) is 0 Å². The zero-order valence-electron chi connectivity index (χ0n) is 14.2. The van der Waals surface area contributed by atoms with E-state index in [0.717, 1.165) is 16.2 Å². The zero-order valence-corrected chi connectivity index (χ0v) is 15.8. The van der Waals surface area contributed by atoms with Crippen LogP contribution in [-0.4, -0.2) is 30.2 Å². The van der Waals surface area contributed by atoms with Gasteiger partial charge in [-0.15, -0.1) is 0 Å². The fourth-order valence-corrected chi connectivity index (χ4v) is 3.28. The summed E-state index contributed by atoms with van der Waals surface area (Å²) in [4.78, 5) is 27.5. The van der Waals surface area contributed by atoms with Crippen molar-refractivity contribution in [1.82, 2.24) is 19.3 Å². The number of amides is 1. The molecular weight excluding hydrogens is 392 g/mol. The summed E-state index contributed by atoms with van der Waals surface area (Å²) in [6, 6.07) is 5.23. The largest absolute Gasteiger partial charge is 0.329 e. The van der Waals surface area contributed by atoms with Crippen LogP contribution in [0, 0.1) is 10.1 Å². The lowest BCUT2D eigenvalue weighted by Crippen LogP contribution is -2.15. The van der Waals surface area contributed by atoms with Crippen molar-refractivity contribution in [2.45, 2.75) is 23.0 Å². The second-order valence-electron chi connectivity index (χ2n) is 5.58. The van der Waals surface area contributed by atoms with Crippen molar-refractivity contribution in [3.05, 3.63) is 58.1 Å². The summed E-state index contributed by atoms with van der Waals surface area (Å²) in [6.07, 6.45) is 6.07. The van der Waals surface area contributed by atoms with E-state index in [1.165, 1.54) is 22.6 Å². The van der Waals surface area contributed by atoms with Gasteiger partial charge in [-0.05, 0) is 30.0 Å². The van der Waals surface area contributed by atoms with E-state index in [9.17, 15) is 14.9 Å². The topological polar surface area (TPSA) is 108 Å². The molecule has 0 saturated heterocycles. The maximum atomic E-state index is 12.3. The number of imidazole rings is 1. The van der Waals surface area contributed by atoms with Crippen LogP contribution in [0.5, 0.6) is 0 Å². The molecule has 27 heavy (non-hydrogen) atoms. The third-order valence-corrected chi connectivity index (χ3v) is 4.98. The summed E-state index contributed by atoms with van der Waals surface area (Å²) in [6.45, 7) is 0.224. The first-order valence-corrected chi connectivity index (χ1v) is 9.03. The second kappa shape index (κ2) is 8.23. The van der Waals surface area contributed by atoms with Gasteiger partial charge in [0.1, 0.15) is 12.4 Å². The summed E-state index contributed by atoms with van der Waals surface area (Å²) in [5.41, 5.74) is 0.464. The molecule has 140 valence electrons. The van der Waals surface area contributed by atoms with E-state index in [0.29, 0.717) is 10.7 Å². The number of carbonyl (C=O) groups excluding carboxylic acids is 1. The van der Waals surface area contributed by atoms with Crippen molar-refractivity contribution >= 4 is 40.6 Å². The summed E-state index contributed by atoms with van der Waals surface area (Å²) in [5.74, 6) is -0.253. The third kappa shape index (κ3) is 4.86. The molecule has 0 saturated carbocycles. The van der Waals surface area contributed by atoms with E-state index in [1.807, 2.05) is 23.9 Å². The fourth-order valence-electron chi connectivity index (χ4n) is 2.24. The highest BCUT2D eigenvalue weighted by Crippen LogP contribution is 2.34. The first-order valence-electron chi connectivity index (χ1n) is 7.84. The maximum absolute atomic E-state index is 12.3. The first-order chi connectivity index (χ1) is 12.9. The molecule has 11 heteroatoms. The Morgan fingerprint density at radius 3 is 2.93 bits per heavy atom. The molecule has 0 fully saturated rings. The molecule has 0 unspecified atom stereocenters. The summed E-state index contributed by atoms with van der Waals surface area (Å²) < 4.78 is 3.23. The van der Waals surface area contributed by atoms with Crippen molar-refractivity contribution in [2.75, 3.05) is 5.32 Å². The van der Waals surface area contributed by atoms with Gasteiger partial charge in [-0.2, -0.15) is 5.10 Å². The van der Waals surface area contributed by atoms with Crippen LogP contribution in [0.1, 0.15) is 6.42 Å². The van der Waals surface area contributed by atoms with Gasteiger partial charge in [-0.3, -0.25) is 19.6 Å². The number of rotatable bonds is 7. The van der Waals surface area contributed by atoms with Crippen molar-refractivity contribution in [3.8, 4) is 0 Å². The highest BCUT2D eigenvalue weighted by atomic mass is 35.5. The molecule has 9 nitrogen and oxygen atoms in total. The van der Waals surface area contributed by atoms with Gasteiger partial charge in [0, 0.05) is 42.3 Å². The Hall–Kier alpha value is -2.85. The molecule has 0 radical (unpaired) electrons. The minimum atomic E-state index is -0.531. The highest BCUT2D eigenvalue weighted by Gasteiger charge is 2.13. The Morgan fingerprint density at radius 1 is 1.44 bits per heavy atom. The van der Waals surface area contributed by atoms with Crippen LogP contribution in [0.3, 0.4) is 0 Å². The van der Waals surface area contributed by atoms with Crippen molar-refractivity contribution in [1.29, 1.82) is 0 Å². The molecule has 0 atom stereocenters. The van der Waals surface area contributed by atoms with E-state index in [1.54, 1.807) is 18.3 Å². The normalized spacial score (nSPS) is 10.7. The number of hydrogen-bond acceptors (Lipinski definition) is 6. The molecule has 0 aliphatic carbocycles. The molecule has 0 bridgehead atoms. The average Bonchev–Trinajstić information content (AvgIpc) is 3.25. The quantitative estimate of drug-likeness (QED) is 0.476. The zero-order chi connectivity index (χ0) is 19.4. The Bertz CT molecular complexity index is 986. The standard InChI is InChI=1S/C16H15ClN6O3S/c1-21-7-5-18-16(21)27-14-3-2-11(17)8-13(14)20-15(24)4-6-22-10-12(9-19-22)23(25)26/h2-3,5,7-10H,4,6H2,1H3,(H,20,24). The lowest BCUT2D eigenvalue weighted by molar-refractivity contribution is -0.385. The number of benzene rings is 1. The Kier molecular flexibility index (Phi) is 5.77. The first kappa shape index (κ1) is 18.9. The number of aryl methyl sites for hydroxylation is 2. The van der Waals surface area contributed by atoms with E-state index in [-0.39, 0.29) is 24.6 Å². The number of hydrogen-bond donors (Lipinski definition) is 1. The lowest BCUT2D eigenvalue weighted by atomic mass is 10.3. The third-order valence-electron chi connectivity index (χ3n) is 3.59. The molecule has 1 N–H and O–H groups in total. The van der Waals surface area contributed by atoms with Crippen LogP contribution in [0.15, 0.2) is 53.0 Å². The van der Waals surface area contributed by atoms with E-state index in [4.69, 9.17) is 11.6 Å². The van der Waals surface area contributed by atoms with Crippen molar-refractivity contribution < 1.29 is 9.72 Å². The number of nitrogens with one attached hydrogen (secondary N) is 1. The van der Waals surface area contributed by atoms with Crippen LogP contribution in [0.4, 0.5) is 11.4 Å². The second-order valence-corrected chi connectivity index (χ2v) is 7.03. The Labute approximate surface area is 163 Å². The molecule has 0 aliphatic heterocycles. The smallest absolute Gasteiger partial charge is 0.306 e. The predicted octanol–water partition coefficient (Wildman–Crippen LogP) is 3.36. The Morgan fingerprint density at radius 2 is 2.26 bits per heavy atom. The minimum absolute atomic E-state index is 0.109. The Balaban J connectivity index is 1.66. The number of nitro groups is 1. The molecule has 3 rings (SSSR count). The molecule has 3 aromatic rings. The van der Waals surface area contributed by atoms with Gasteiger partial charge in [0.15, 0.2) is 5.16 Å². The molecule has 0 spiro atoms. The van der Waals surface area contributed by atoms with Crippen LogP contribution in [-0.2, 0) is 18.4 Å². The molecule has 1 aromatic carbocycles. The monoisotopic (exact) mass is 406 g/mol. The molecule has 2 heterocycles. The number of halogens is 1. The lowest BCUT2D eigenvalue weighted by Gasteiger charge is -2.11. The average molecular weight is 407 g/mol. The highest BCUT2D eigenvalue weighted by molar-refractivity contribution is 7.99. The van der Waals surface area contributed by atoms with Crippen molar-refractivity contribution in [3.63, 3.8) is 0 Å². The van der Waals surface area contributed by atoms with Gasteiger partial charge in [0.2, 0.25) is 5.91 Å². The van der Waals surface area contributed by atoms with Gasteiger partial charge < -0.3 is 9.88 Å². The predicted molar refractivity (Wildman–Crippen MR) is 101 cm³/mol. The van der Waals surface area contributed by atoms with E-state index < -0.39 is 4.92 Å². The van der Waals surface area contributed by atoms with Gasteiger partial charge in [0.05, 0.1) is 10.6 Å².